The van der Waals surface area contributed by atoms with Crippen LogP contribution in [-0.2, 0) is 13.2 Å². The molecule has 2 aromatic rings. The Kier molecular flexibility index (Phi) is 4.82. The summed E-state index contributed by atoms with van der Waals surface area (Å²) in [6.45, 7) is 0.593. The van der Waals surface area contributed by atoms with Gasteiger partial charge in [-0.2, -0.15) is 0 Å². The first kappa shape index (κ1) is 14.6. The molecule has 0 aliphatic heterocycles. The van der Waals surface area contributed by atoms with Crippen molar-refractivity contribution in [1.29, 1.82) is 0 Å². The molecule has 0 amide bonds. The average molecular weight is 296 g/mol. The highest BCUT2D eigenvalue weighted by molar-refractivity contribution is 6.31. The topological polar surface area (TPSA) is 44.5 Å². The third-order valence-corrected chi connectivity index (χ3v) is 3.24. The molecule has 20 heavy (non-hydrogen) atoms. The maximum atomic E-state index is 13.0. The summed E-state index contributed by atoms with van der Waals surface area (Å²) < 4.78 is 23.8. The lowest BCUT2D eigenvalue weighted by atomic mass is 10.2. The van der Waals surface area contributed by atoms with E-state index in [4.69, 9.17) is 26.8 Å². The first-order valence-electron chi connectivity index (χ1n) is 6.07. The summed E-state index contributed by atoms with van der Waals surface area (Å²) in [6, 6.07) is 9.63. The van der Waals surface area contributed by atoms with Crippen LogP contribution in [0.25, 0.3) is 0 Å². The summed E-state index contributed by atoms with van der Waals surface area (Å²) >= 11 is 5.96. The summed E-state index contributed by atoms with van der Waals surface area (Å²) in [5.41, 5.74) is 7.24. The fourth-order valence-corrected chi connectivity index (χ4v) is 1.98. The highest BCUT2D eigenvalue weighted by Crippen LogP contribution is 2.26. The van der Waals surface area contributed by atoms with Crippen molar-refractivity contribution in [3.63, 3.8) is 0 Å². The molecule has 0 atom stereocenters. The standard InChI is InChI=1S/C15H15ClFNO2/c1-19-13-5-3-10(8-18)15(7-13)20-9-11-2-4-12(17)6-14(11)16/h2-7H,8-9,18H2,1H3. The second kappa shape index (κ2) is 6.59. The Bertz CT molecular complexity index is 604. The fraction of sp³-hybridized carbons (Fsp3) is 0.200. The number of nitrogens with two attached hydrogens (primary N) is 1. The van der Waals surface area contributed by atoms with Crippen LogP contribution in [0.3, 0.4) is 0 Å². The van der Waals surface area contributed by atoms with E-state index < -0.39 is 0 Å². The molecule has 3 nitrogen and oxygen atoms in total. The summed E-state index contributed by atoms with van der Waals surface area (Å²) in [7, 11) is 1.58. The van der Waals surface area contributed by atoms with E-state index in [0.717, 1.165) is 5.56 Å². The van der Waals surface area contributed by atoms with Gasteiger partial charge in [0.1, 0.15) is 23.9 Å². The molecule has 0 aliphatic carbocycles. The Labute approximate surface area is 122 Å². The van der Waals surface area contributed by atoms with Gasteiger partial charge in [-0.25, -0.2) is 4.39 Å². The van der Waals surface area contributed by atoms with Crippen LogP contribution in [0, 0.1) is 5.82 Å². The molecular formula is C15H15ClFNO2. The lowest BCUT2D eigenvalue weighted by Crippen LogP contribution is -2.03. The molecule has 0 aromatic heterocycles. The van der Waals surface area contributed by atoms with Crippen molar-refractivity contribution in [2.45, 2.75) is 13.2 Å². The van der Waals surface area contributed by atoms with E-state index in [1.54, 1.807) is 19.2 Å². The zero-order chi connectivity index (χ0) is 14.5. The van der Waals surface area contributed by atoms with E-state index in [9.17, 15) is 4.39 Å². The minimum atomic E-state index is -0.372. The van der Waals surface area contributed by atoms with Crippen LogP contribution < -0.4 is 15.2 Å². The summed E-state index contributed by atoms with van der Waals surface area (Å²) in [6.07, 6.45) is 0. The molecule has 0 bridgehead atoms. The van der Waals surface area contributed by atoms with Gasteiger partial charge in [-0.15, -0.1) is 0 Å². The number of halogens is 2. The molecule has 0 aliphatic rings. The Balaban J connectivity index is 2.17. The monoisotopic (exact) mass is 295 g/mol. The van der Waals surface area contributed by atoms with Gasteiger partial charge in [-0.1, -0.05) is 23.7 Å². The predicted molar refractivity (Wildman–Crippen MR) is 76.6 cm³/mol. The van der Waals surface area contributed by atoms with Crippen LogP contribution in [0.4, 0.5) is 4.39 Å². The average Bonchev–Trinajstić information content (AvgIpc) is 2.46. The third-order valence-electron chi connectivity index (χ3n) is 2.89. The second-order valence-electron chi connectivity index (χ2n) is 4.20. The quantitative estimate of drug-likeness (QED) is 0.918. The minimum absolute atomic E-state index is 0.235. The van der Waals surface area contributed by atoms with Gasteiger partial charge >= 0.3 is 0 Å². The van der Waals surface area contributed by atoms with Gasteiger partial charge in [0.15, 0.2) is 0 Å². The molecule has 2 aromatic carbocycles. The number of ether oxygens (including phenoxy) is 2. The van der Waals surface area contributed by atoms with Crippen molar-refractivity contribution in [3.05, 3.63) is 58.4 Å². The van der Waals surface area contributed by atoms with Crippen molar-refractivity contribution >= 4 is 11.6 Å². The van der Waals surface area contributed by atoms with Gasteiger partial charge in [0, 0.05) is 23.7 Å². The molecule has 0 spiro atoms. The lowest BCUT2D eigenvalue weighted by molar-refractivity contribution is 0.300. The smallest absolute Gasteiger partial charge is 0.127 e. The molecule has 2 rings (SSSR count). The Hall–Kier alpha value is -1.78. The number of rotatable bonds is 5. The van der Waals surface area contributed by atoms with E-state index in [1.807, 2.05) is 12.1 Å². The van der Waals surface area contributed by atoms with Crippen molar-refractivity contribution < 1.29 is 13.9 Å². The fourth-order valence-electron chi connectivity index (χ4n) is 1.76. The summed E-state index contributed by atoms with van der Waals surface area (Å²) in [5, 5.41) is 0.335. The second-order valence-corrected chi connectivity index (χ2v) is 4.61. The van der Waals surface area contributed by atoms with Crippen molar-refractivity contribution in [2.75, 3.05) is 7.11 Å². The first-order valence-corrected chi connectivity index (χ1v) is 6.45. The molecule has 2 N–H and O–H groups in total. The van der Waals surface area contributed by atoms with E-state index in [1.165, 1.54) is 12.1 Å². The highest BCUT2D eigenvalue weighted by atomic mass is 35.5. The van der Waals surface area contributed by atoms with Crippen LogP contribution in [-0.4, -0.2) is 7.11 Å². The van der Waals surface area contributed by atoms with Gasteiger partial charge in [0.05, 0.1) is 12.1 Å². The molecule has 106 valence electrons. The van der Waals surface area contributed by atoms with Gasteiger partial charge in [-0.05, 0) is 18.2 Å². The molecule has 0 radical (unpaired) electrons. The number of methoxy groups -OCH3 is 1. The van der Waals surface area contributed by atoms with Crippen molar-refractivity contribution in [2.24, 2.45) is 5.73 Å². The molecule has 5 heteroatoms. The number of hydrogen-bond donors (Lipinski definition) is 1. The largest absolute Gasteiger partial charge is 0.497 e. The number of benzene rings is 2. The summed E-state index contributed by atoms with van der Waals surface area (Å²) in [5.74, 6) is 0.942. The van der Waals surface area contributed by atoms with E-state index in [2.05, 4.69) is 0 Å². The molecule has 0 saturated carbocycles. The number of hydrogen-bond acceptors (Lipinski definition) is 3. The van der Waals surface area contributed by atoms with Crippen molar-refractivity contribution in [3.8, 4) is 11.5 Å². The first-order chi connectivity index (χ1) is 9.63. The van der Waals surface area contributed by atoms with Crippen LogP contribution in [0.1, 0.15) is 11.1 Å². The molecule has 0 saturated heterocycles. The normalized spacial score (nSPS) is 10.4. The van der Waals surface area contributed by atoms with E-state index >= 15 is 0 Å². The minimum Gasteiger partial charge on any atom is -0.497 e. The Morgan fingerprint density at radius 1 is 1.15 bits per heavy atom. The Morgan fingerprint density at radius 2 is 1.90 bits per heavy atom. The molecule has 0 unspecified atom stereocenters. The maximum Gasteiger partial charge on any atom is 0.127 e. The lowest BCUT2D eigenvalue weighted by Gasteiger charge is -2.12. The Morgan fingerprint density at radius 3 is 2.55 bits per heavy atom. The van der Waals surface area contributed by atoms with Gasteiger partial charge in [0.25, 0.3) is 0 Å². The van der Waals surface area contributed by atoms with Gasteiger partial charge < -0.3 is 15.2 Å². The van der Waals surface area contributed by atoms with Crippen LogP contribution in [0.5, 0.6) is 11.5 Å². The van der Waals surface area contributed by atoms with Crippen LogP contribution >= 0.6 is 11.6 Å². The molecule has 0 heterocycles. The SMILES string of the molecule is COc1ccc(CN)c(OCc2ccc(F)cc2Cl)c1. The van der Waals surface area contributed by atoms with Crippen LogP contribution in [0.2, 0.25) is 5.02 Å². The predicted octanol–water partition coefficient (Wildman–Crippen LogP) is 3.53. The van der Waals surface area contributed by atoms with E-state index in [0.29, 0.717) is 28.6 Å². The van der Waals surface area contributed by atoms with Gasteiger partial charge in [-0.3, -0.25) is 0 Å². The van der Waals surface area contributed by atoms with Crippen LogP contribution in [0.15, 0.2) is 36.4 Å². The van der Waals surface area contributed by atoms with Gasteiger partial charge in [0.2, 0.25) is 0 Å². The zero-order valence-electron chi connectivity index (χ0n) is 11.0. The highest BCUT2D eigenvalue weighted by Gasteiger charge is 2.07. The van der Waals surface area contributed by atoms with E-state index in [-0.39, 0.29) is 12.4 Å². The summed E-state index contributed by atoms with van der Waals surface area (Å²) in [4.78, 5) is 0. The zero-order valence-corrected chi connectivity index (χ0v) is 11.8. The molecular weight excluding hydrogens is 281 g/mol. The third kappa shape index (κ3) is 3.40. The van der Waals surface area contributed by atoms with Crippen molar-refractivity contribution in [1.82, 2.24) is 0 Å². The maximum absolute atomic E-state index is 13.0. The molecule has 0 fully saturated rings.